The molecule has 1 N–H and O–H groups in total. The summed E-state index contributed by atoms with van der Waals surface area (Å²) in [7, 11) is 0. The maximum absolute atomic E-state index is 12.5. The number of nitrogens with one attached hydrogen (secondary N) is 1. The van der Waals surface area contributed by atoms with E-state index in [1.807, 2.05) is 23.1 Å². The van der Waals surface area contributed by atoms with Crippen LogP contribution in [0, 0.1) is 5.92 Å². The van der Waals surface area contributed by atoms with E-state index in [-0.39, 0.29) is 29.4 Å². The third kappa shape index (κ3) is 3.12. The van der Waals surface area contributed by atoms with Gasteiger partial charge in [-0.1, -0.05) is 24.6 Å². The maximum atomic E-state index is 12.5. The molecule has 1 spiro atoms. The van der Waals surface area contributed by atoms with Gasteiger partial charge in [0.25, 0.3) is 0 Å². The highest BCUT2D eigenvalue weighted by atomic mass is 16.5. The fourth-order valence-corrected chi connectivity index (χ4v) is 4.24. The van der Waals surface area contributed by atoms with E-state index in [9.17, 15) is 9.59 Å². The zero-order chi connectivity index (χ0) is 17.4. The summed E-state index contributed by atoms with van der Waals surface area (Å²) in [5.74, 6) is 1.37. The molecule has 2 fully saturated rings. The minimum atomic E-state index is -0.280. The van der Waals surface area contributed by atoms with Crippen molar-refractivity contribution < 1.29 is 14.3 Å². The molecule has 134 valence electrons. The van der Waals surface area contributed by atoms with Crippen LogP contribution in [0.15, 0.2) is 24.3 Å². The molecule has 4 rings (SSSR count). The van der Waals surface area contributed by atoms with E-state index in [1.54, 1.807) is 6.92 Å². The Morgan fingerprint density at radius 3 is 2.56 bits per heavy atom. The normalized spacial score (nSPS) is 24.8. The van der Waals surface area contributed by atoms with Crippen LogP contribution in [0.25, 0.3) is 0 Å². The standard InChI is InChI=1S/C20H26N2O3/c1-14(23)22-11-9-20(10-12-22)13-17(21-19(24)15-5-4-6-15)16-7-2-3-8-18(16)25-20/h2-3,7-8,15,17H,4-6,9-13H2,1H3,(H,21,24)/t17-/m1/s1. The lowest BCUT2D eigenvalue weighted by Gasteiger charge is -2.47. The molecule has 5 heteroatoms. The van der Waals surface area contributed by atoms with Crippen molar-refractivity contribution in [1.82, 2.24) is 10.2 Å². The van der Waals surface area contributed by atoms with E-state index in [4.69, 9.17) is 4.74 Å². The summed E-state index contributed by atoms with van der Waals surface area (Å²) in [4.78, 5) is 26.0. The maximum Gasteiger partial charge on any atom is 0.223 e. The van der Waals surface area contributed by atoms with Crippen molar-refractivity contribution in [2.24, 2.45) is 5.92 Å². The quantitative estimate of drug-likeness (QED) is 0.899. The minimum absolute atomic E-state index is 0.00179. The van der Waals surface area contributed by atoms with Crippen molar-refractivity contribution in [2.45, 2.75) is 57.1 Å². The largest absolute Gasteiger partial charge is 0.487 e. The molecule has 5 nitrogen and oxygen atoms in total. The van der Waals surface area contributed by atoms with Gasteiger partial charge in [-0.2, -0.15) is 0 Å². The number of rotatable bonds is 2. The first-order valence-electron chi connectivity index (χ1n) is 9.40. The number of piperidine rings is 1. The molecule has 1 aromatic rings. The van der Waals surface area contributed by atoms with Crippen molar-refractivity contribution in [3.8, 4) is 5.75 Å². The third-order valence-corrected chi connectivity index (χ3v) is 6.11. The Kier molecular flexibility index (Phi) is 4.18. The summed E-state index contributed by atoms with van der Waals surface area (Å²) < 4.78 is 6.41. The van der Waals surface area contributed by atoms with Gasteiger partial charge in [-0.05, 0) is 18.9 Å². The molecular weight excluding hydrogens is 316 g/mol. The van der Waals surface area contributed by atoms with Gasteiger partial charge in [-0.25, -0.2) is 0 Å². The molecule has 25 heavy (non-hydrogen) atoms. The molecule has 1 saturated heterocycles. The Morgan fingerprint density at radius 2 is 1.92 bits per heavy atom. The molecule has 0 radical (unpaired) electrons. The van der Waals surface area contributed by atoms with Gasteiger partial charge in [0.1, 0.15) is 11.4 Å². The Labute approximate surface area is 148 Å². The molecule has 0 aromatic heterocycles. The number of benzene rings is 1. The van der Waals surface area contributed by atoms with E-state index in [0.29, 0.717) is 0 Å². The number of carbonyl (C=O) groups excluding carboxylic acids is 2. The molecule has 2 heterocycles. The summed E-state index contributed by atoms with van der Waals surface area (Å²) in [6.07, 6.45) is 5.60. The summed E-state index contributed by atoms with van der Waals surface area (Å²) in [5.41, 5.74) is 0.799. The number of para-hydroxylation sites is 1. The number of ether oxygens (including phenoxy) is 1. The van der Waals surface area contributed by atoms with Crippen molar-refractivity contribution in [1.29, 1.82) is 0 Å². The monoisotopic (exact) mass is 342 g/mol. The van der Waals surface area contributed by atoms with Crippen molar-refractivity contribution >= 4 is 11.8 Å². The molecular formula is C20H26N2O3. The van der Waals surface area contributed by atoms with Crippen molar-refractivity contribution in [3.05, 3.63) is 29.8 Å². The highest BCUT2D eigenvalue weighted by Gasteiger charge is 2.44. The van der Waals surface area contributed by atoms with E-state index >= 15 is 0 Å². The Balaban J connectivity index is 1.54. The SMILES string of the molecule is CC(=O)N1CCC2(CC1)C[C@@H](NC(=O)C1CCC1)c1ccccc1O2. The van der Waals surface area contributed by atoms with Crippen LogP contribution in [-0.4, -0.2) is 35.4 Å². The lowest BCUT2D eigenvalue weighted by Crippen LogP contribution is -2.53. The van der Waals surface area contributed by atoms with Gasteiger partial charge >= 0.3 is 0 Å². The minimum Gasteiger partial charge on any atom is -0.487 e. The highest BCUT2D eigenvalue weighted by Crippen LogP contribution is 2.44. The van der Waals surface area contributed by atoms with Gasteiger partial charge in [-0.3, -0.25) is 9.59 Å². The number of likely N-dealkylation sites (tertiary alicyclic amines) is 1. The van der Waals surface area contributed by atoms with Crippen LogP contribution in [0.4, 0.5) is 0 Å². The first kappa shape index (κ1) is 16.4. The van der Waals surface area contributed by atoms with Gasteiger partial charge in [0, 0.05) is 50.8 Å². The summed E-state index contributed by atoms with van der Waals surface area (Å²) >= 11 is 0. The lowest BCUT2D eigenvalue weighted by molar-refractivity contribution is -0.133. The molecule has 0 bridgehead atoms. The van der Waals surface area contributed by atoms with E-state index in [0.717, 1.165) is 62.9 Å². The number of fused-ring (bicyclic) bond motifs is 1. The molecule has 1 atom stereocenters. The highest BCUT2D eigenvalue weighted by molar-refractivity contribution is 5.80. The van der Waals surface area contributed by atoms with Gasteiger partial charge in [0.15, 0.2) is 0 Å². The second-order valence-corrected chi connectivity index (χ2v) is 7.72. The summed E-state index contributed by atoms with van der Waals surface area (Å²) in [6.45, 7) is 3.07. The number of amides is 2. The van der Waals surface area contributed by atoms with Crippen molar-refractivity contribution in [3.63, 3.8) is 0 Å². The third-order valence-electron chi connectivity index (χ3n) is 6.11. The predicted octanol–water partition coefficient (Wildman–Crippen LogP) is 2.81. The second kappa shape index (κ2) is 6.36. The fraction of sp³-hybridized carbons (Fsp3) is 0.600. The fourth-order valence-electron chi connectivity index (χ4n) is 4.24. The van der Waals surface area contributed by atoms with Crippen LogP contribution >= 0.6 is 0 Å². The number of nitrogens with zero attached hydrogens (tertiary/aromatic N) is 1. The summed E-state index contributed by atoms with van der Waals surface area (Å²) in [6, 6.07) is 8.03. The smallest absolute Gasteiger partial charge is 0.223 e. The van der Waals surface area contributed by atoms with Crippen LogP contribution in [0.3, 0.4) is 0 Å². The van der Waals surface area contributed by atoms with Gasteiger partial charge in [0.05, 0.1) is 6.04 Å². The molecule has 1 aliphatic carbocycles. The van der Waals surface area contributed by atoms with Crippen LogP contribution in [-0.2, 0) is 9.59 Å². The Morgan fingerprint density at radius 1 is 1.20 bits per heavy atom. The first-order chi connectivity index (χ1) is 12.1. The van der Waals surface area contributed by atoms with Gasteiger partial charge < -0.3 is 15.0 Å². The van der Waals surface area contributed by atoms with Crippen molar-refractivity contribution in [2.75, 3.05) is 13.1 Å². The van der Waals surface area contributed by atoms with Gasteiger partial charge in [-0.15, -0.1) is 0 Å². The van der Waals surface area contributed by atoms with E-state index in [2.05, 4.69) is 11.4 Å². The predicted molar refractivity (Wildman–Crippen MR) is 94.1 cm³/mol. The first-order valence-corrected chi connectivity index (χ1v) is 9.40. The lowest BCUT2D eigenvalue weighted by atomic mass is 9.79. The second-order valence-electron chi connectivity index (χ2n) is 7.72. The molecule has 0 unspecified atom stereocenters. The average Bonchev–Trinajstić information content (AvgIpc) is 2.53. The topological polar surface area (TPSA) is 58.6 Å². The Hall–Kier alpha value is -2.04. The molecule has 3 aliphatic rings. The zero-order valence-corrected chi connectivity index (χ0v) is 14.8. The van der Waals surface area contributed by atoms with E-state index < -0.39 is 0 Å². The molecule has 2 aliphatic heterocycles. The molecule has 1 saturated carbocycles. The van der Waals surface area contributed by atoms with Gasteiger partial charge in [0.2, 0.25) is 11.8 Å². The molecule has 2 amide bonds. The average molecular weight is 342 g/mol. The van der Waals surface area contributed by atoms with Crippen LogP contribution in [0.1, 0.15) is 57.1 Å². The summed E-state index contributed by atoms with van der Waals surface area (Å²) in [5, 5.41) is 3.28. The number of hydrogen-bond donors (Lipinski definition) is 1. The van der Waals surface area contributed by atoms with Crippen LogP contribution in [0.2, 0.25) is 0 Å². The number of hydrogen-bond acceptors (Lipinski definition) is 3. The van der Waals surface area contributed by atoms with Crippen LogP contribution < -0.4 is 10.1 Å². The molecule has 1 aromatic carbocycles. The van der Waals surface area contributed by atoms with E-state index in [1.165, 1.54) is 0 Å². The number of carbonyl (C=O) groups is 2. The Bertz CT molecular complexity index is 675. The zero-order valence-electron chi connectivity index (χ0n) is 14.8. The van der Waals surface area contributed by atoms with Crippen LogP contribution in [0.5, 0.6) is 5.75 Å².